The van der Waals surface area contributed by atoms with Crippen molar-refractivity contribution in [1.29, 1.82) is 0 Å². The number of thioether (sulfide) groups is 1. The summed E-state index contributed by atoms with van der Waals surface area (Å²) in [6.45, 7) is 2.37. The highest BCUT2D eigenvalue weighted by Crippen LogP contribution is 2.22. The average molecular weight is 387 g/mol. The predicted octanol–water partition coefficient (Wildman–Crippen LogP) is 2.71. The van der Waals surface area contributed by atoms with Crippen molar-refractivity contribution in [2.75, 3.05) is 17.6 Å². The molecule has 9 heteroatoms. The molecule has 0 aliphatic carbocycles. The lowest BCUT2D eigenvalue weighted by molar-refractivity contribution is -0.116. The lowest BCUT2D eigenvalue weighted by Crippen LogP contribution is -2.30. The molecule has 142 valence electrons. The number of hydrogen-bond donors (Lipinski definition) is 2. The van der Waals surface area contributed by atoms with E-state index >= 15 is 0 Å². The molecule has 1 aliphatic heterocycles. The minimum absolute atomic E-state index is 0.139. The maximum atomic E-state index is 12.3. The monoisotopic (exact) mass is 387 g/mol. The summed E-state index contributed by atoms with van der Waals surface area (Å²) in [4.78, 5) is 41.9. The Bertz CT molecular complexity index is 816. The van der Waals surface area contributed by atoms with Gasteiger partial charge in [-0.2, -0.15) is 4.98 Å². The SMILES string of the molecule is CCSc1n[nH]c(NC(=O)CCCCCN2C(=O)c3ccccc3C2=O)n1. The Morgan fingerprint density at radius 3 is 2.52 bits per heavy atom. The Labute approximate surface area is 161 Å². The van der Waals surface area contributed by atoms with Crippen LogP contribution < -0.4 is 5.32 Å². The van der Waals surface area contributed by atoms with Gasteiger partial charge in [0.1, 0.15) is 0 Å². The maximum absolute atomic E-state index is 12.3. The molecule has 0 spiro atoms. The molecule has 3 amide bonds. The molecule has 1 aromatic heterocycles. The molecule has 2 aromatic rings. The van der Waals surface area contributed by atoms with E-state index in [2.05, 4.69) is 20.5 Å². The van der Waals surface area contributed by atoms with Gasteiger partial charge in [-0.1, -0.05) is 37.2 Å². The normalized spacial score (nSPS) is 13.1. The summed E-state index contributed by atoms with van der Waals surface area (Å²) in [5.74, 6) is 0.596. The molecule has 2 heterocycles. The van der Waals surface area contributed by atoms with E-state index in [0.717, 1.165) is 12.2 Å². The van der Waals surface area contributed by atoms with Crippen LogP contribution in [0.3, 0.4) is 0 Å². The van der Waals surface area contributed by atoms with Crippen LogP contribution in [0.5, 0.6) is 0 Å². The largest absolute Gasteiger partial charge is 0.295 e. The molecule has 8 nitrogen and oxygen atoms in total. The van der Waals surface area contributed by atoms with Crippen molar-refractivity contribution in [3.63, 3.8) is 0 Å². The number of unbranched alkanes of at least 4 members (excludes halogenated alkanes) is 2. The summed E-state index contributed by atoms with van der Waals surface area (Å²) in [6, 6.07) is 6.86. The number of nitrogens with one attached hydrogen (secondary N) is 2. The number of benzene rings is 1. The number of imide groups is 1. The first kappa shape index (κ1) is 19.1. The predicted molar refractivity (Wildman–Crippen MR) is 102 cm³/mol. The Kier molecular flexibility index (Phi) is 6.23. The highest BCUT2D eigenvalue weighted by Gasteiger charge is 2.34. The van der Waals surface area contributed by atoms with Crippen molar-refractivity contribution < 1.29 is 14.4 Å². The van der Waals surface area contributed by atoms with E-state index in [-0.39, 0.29) is 17.7 Å². The van der Waals surface area contributed by atoms with Gasteiger partial charge in [0.25, 0.3) is 11.8 Å². The van der Waals surface area contributed by atoms with Crippen LogP contribution in [-0.4, -0.2) is 50.1 Å². The van der Waals surface area contributed by atoms with Gasteiger partial charge in [0.2, 0.25) is 17.0 Å². The van der Waals surface area contributed by atoms with Crippen molar-refractivity contribution in [3.05, 3.63) is 35.4 Å². The van der Waals surface area contributed by atoms with Crippen molar-refractivity contribution >= 4 is 35.4 Å². The van der Waals surface area contributed by atoms with Crippen LogP contribution in [-0.2, 0) is 4.79 Å². The molecular formula is C18H21N5O3S. The van der Waals surface area contributed by atoms with Crippen molar-refractivity contribution in [2.24, 2.45) is 0 Å². The van der Waals surface area contributed by atoms with Gasteiger partial charge in [-0.3, -0.25) is 24.6 Å². The molecule has 27 heavy (non-hydrogen) atoms. The van der Waals surface area contributed by atoms with E-state index in [4.69, 9.17) is 0 Å². The first-order valence-electron chi connectivity index (χ1n) is 8.90. The average Bonchev–Trinajstić information content (AvgIpc) is 3.19. The minimum atomic E-state index is -0.237. The maximum Gasteiger partial charge on any atom is 0.261 e. The van der Waals surface area contributed by atoms with Crippen LogP contribution in [0.25, 0.3) is 0 Å². The summed E-state index contributed by atoms with van der Waals surface area (Å²) >= 11 is 1.49. The number of amides is 3. The third-order valence-corrected chi connectivity index (χ3v) is 4.89. The fourth-order valence-corrected chi connectivity index (χ4v) is 3.39. The zero-order valence-corrected chi connectivity index (χ0v) is 15.8. The highest BCUT2D eigenvalue weighted by atomic mass is 32.2. The lowest BCUT2D eigenvalue weighted by atomic mass is 10.1. The highest BCUT2D eigenvalue weighted by molar-refractivity contribution is 7.99. The molecule has 0 saturated heterocycles. The number of carbonyl (C=O) groups is 3. The number of rotatable bonds is 9. The topological polar surface area (TPSA) is 108 Å². The third-order valence-electron chi connectivity index (χ3n) is 4.16. The standard InChI is InChI=1S/C18H21N5O3S/c1-2-27-18-20-17(21-22-18)19-14(24)10-4-3-7-11-23-15(25)12-8-5-6-9-13(12)16(23)26/h5-6,8-9H,2-4,7,10-11H2,1H3,(H2,19,20,21,22,24). The first-order chi connectivity index (χ1) is 13.1. The molecule has 0 unspecified atom stereocenters. The molecular weight excluding hydrogens is 366 g/mol. The molecule has 0 bridgehead atoms. The molecule has 0 fully saturated rings. The van der Waals surface area contributed by atoms with E-state index in [1.165, 1.54) is 16.7 Å². The molecule has 2 N–H and O–H groups in total. The molecule has 1 aliphatic rings. The van der Waals surface area contributed by atoms with Gasteiger partial charge < -0.3 is 0 Å². The Morgan fingerprint density at radius 1 is 1.15 bits per heavy atom. The van der Waals surface area contributed by atoms with Crippen molar-refractivity contribution in [2.45, 2.75) is 37.8 Å². The number of fused-ring (bicyclic) bond motifs is 1. The zero-order valence-electron chi connectivity index (χ0n) is 15.0. The quantitative estimate of drug-likeness (QED) is 0.389. The number of aromatic nitrogens is 3. The Hall–Kier alpha value is -2.68. The van der Waals surface area contributed by atoms with Gasteiger partial charge >= 0.3 is 0 Å². The molecule has 0 radical (unpaired) electrons. The van der Waals surface area contributed by atoms with Crippen LogP contribution in [0.2, 0.25) is 0 Å². The second-order valence-electron chi connectivity index (χ2n) is 6.07. The summed E-state index contributed by atoms with van der Waals surface area (Å²) in [6.07, 6.45) is 2.42. The summed E-state index contributed by atoms with van der Waals surface area (Å²) in [5.41, 5.74) is 0.934. The molecule has 0 atom stereocenters. The van der Waals surface area contributed by atoms with Gasteiger partial charge in [-0.25, -0.2) is 5.10 Å². The molecule has 1 aromatic carbocycles. The van der Waals surface area contributed by atoms with Gasteiger partial charge in [-0.15, -0.1) is 5.10 Å². The van der Waals surface area contributed by atoms with Gasteiger partial charge in [0.15, 0.2) is 0 Å². The summed E-state index contributed by atoms with van der Waals surface area (Å²) < 4.78 is 0. The second kappa shape index (κ2) is 8.81. The molecule has 0 saturated carbocycles. The fraction of sp³-hybridized carbons (Fsp3) is 0.389. The number of nitrogens with zero attached hydrogens (tertiary/aromatic N) is 3. The smallest absolute Gasteiger partial charge is 0.261 e. The number of carbonyl (C=O) groups excluding carboxylic acids is 3. The Balaban J connectivity index is 1.36. The number of H-pyrrole nitrogens is 1. The van der Waals surface area contributed by atoms with Crippen molar-refractivity contribution in [1.82, 2.24) is 20.1 Å². The minimum Gasteiger partial charge on any atom is -0.295 e. The first-order valence-corrected chi connectivity index (χ1v) is 9.89. The molecule has 3 rings (SSSR count). The van der Waals surface area contributed by atoms with E-state index in [1.807, 2.05) is 6.92 Å². The van der Waals surface area contributed by atoms with Crippen LogP contribution in [0.15, 0.2) is 29.4 Å². The second-order valence-corrected chi connectivity index (χ2v) is 7.30. The van der Waals surface area contributed by atoms with Gasteiger partial charge in [0, 0.05) is 13.0 Å². The van der Waals surface area contributed by atoms with Gasteiger partial charge in [0.05, 0.1) is 11.1 Å². The van der Waals surface area contributed by atoms with E-state index in [0.29, 0.717) is 48.0 Å². The van der Waals surface area contributed by atoms with Gasteiger partial charge in [-0.05, 0) is 30.7 Å². The Morgan fingerprint density at radius 2 is 1.85 bits per heavy atom. The third kappa shape index (κ3) is 4.54. The van der Waals surface area contributed by atoms with E-state index < -0.39 is 0 Å². The van der Waals surface area contributed by atoms with Crippen LogP contribution in [0.1, 0.15) is 53.3 Å². The number of anilines is 1. The summed E-state index contributed by atoms with van der Waals surface area (Å²) in [5, 5.41) is 9.95. The van der Waals surface area contributed by atoms with E-state index in [9.17, 15) is 14.4 Å². The van der Waals surface area contributed by atoms with Crippen molar-refractivity contribution in [3.8, 4) is 0 Å². The van der Waals surface area contributed by atoms with E-state index in [1.54, 1.807) is 24.3 Å². The number of aromatic amines is 1. The van der Waals surface area contributed by atoms with Crippen LogP contribution in [0, 0.1) is 0 Å². The van der Waals surface area contributed by atoms with Crippen LogP contribution >= 0.6 is 11.8 Å². The summed E-state index contributed by atoms with van der Waals surface area (Å²) in [7, 11) is 0. The number of hydrogen-bond acceptors (Lipinski definition) is 6. The fourth-order valence-electron chi connectivity index (χ4n) is 2.86. The lowest BCUT2D eigenvalue weighted by Gasteiger charge is -2.13. The van der Waals surface area contributed by atoms with Crippen LogP contribution in [0.4, 0.5) is 5.95 Å². The zero-order chi connectivity index (χ0) is 19.2.